The van der Waals surface area contributed by atoms with Gasteiger partial charge in [0.1, 0.15) is 10.4 Å². The van der Waals surface area contributed by atoms with Crippen LogP contribution < -0.4 is 5.32 Å². The third-order valence-electron chi connectivity index (χ3n) is 4.86. The first kappa shape index (κ1) is 20.3. The smallest absolute Gasteiger partial charge is 0.267 e. The third-order valence-corrected chi connectivity index (χ3v) is 7.16. The molecule has 2 aromatic heterocycles. The number of thiophene rings is 1. The van der Waals surface area contributed by atoms with Crippen LogP contribution in [0.15, 0.2) is 59.0 Å². The van der Waals surface area contributed by atoms with Crippen molar-refractivity contribution in [1.82, 2.24) is 4.98 Å². The van der Waals surface area contributed by atoms with Gasteiger partial charge in [-0.05, 0) is 55.0 Å². The Kier molecular flexibility index (Phi) is 5.15. The van der Waals surface area contributed by atoms with E-state index >= 15 is 0 Å². The van der Waals surface area contributed by atoms with Crippen molar-refractivity contribution in [3.63, 3.8) is 0 Å². The second-order valence-corrected chi connectivity index (χ2v) is 9.28. The Hall–Kier alpha value is -2.57. The number of aryl methyl sites for hydroxylation is 1. The predicted molar refractivity (Wildman–Crippen MR) is 129 cm³/mol. The highest BCUT2D eigenvalue weighted by Gasteiger charge is 2.18. The molecule has 8 heteroatoms. The number of benzene rings is 3. The summed E-state index contributed by atoms with van der Waals surface area (Å²) in [6.45, 7) is 1.94. The highest BCUT2D eigenvalue weighted by Crippen LogP contribution is 2.37. The number of rotatable bonds is 3. The van der Waals surface area contributed by atoms with Crippen LogP contribution in [0.25, 0.3) is 32.6 Å². The highest BCUT2D eigenvalue weighted by atomic mass is 35.5. The first-order chi connectivity index (χ1) is 14.9. The van der Waals surface area contributed by atoms with Gasteiger partial charge in [-0.1, -0.05) is 46.9 Å². The van der Waals surface area contributed by atoms with Gasteiger partial charge in [0.2, 0.25) is 5.89 Å². The summed E-state index contributed by atoms with van der Waals surface area (Å²) >= 11 is 20.0. The fourth-order valence-corrected chi connectivity index (χ4v) is 5.10. The number of amides is 1. The summed E-state index contributed by atoms with van der Waals surface area (Å²) in [6, 6.07) is 16.3. The van der Waals surface area contributed by atoms with Crippen LogP contribution in [0.4, 0.5) is 5.69 Å². The molecule has 5 rings (SSSR count). The van der Waals surface area contributed by atoms with Crippen LogP contribution in [0.3, 0.4) is 0 Å². The van der Waals surface area contributed by atoms with Gasteiger partial charge in [0, 0.05) is 31.4 Å². The van der Waals surface area contributed by atoms with Gasteiger partial charge < -0.3 is 9.73 Å². The number of hydrogen-bond acceptors (Lipinski definition) is 4. The molecule has 0 spiro atoms. The number of carbonyl (C=O) groups excluding carboxylic acids is 1. The van der Waals surface area contributed by atoms with Gasteiger partial charge in [-0.25, -0.2) is 4.98 Å². The SMILES string of the molecule is Cc1ccc(-c2nc3cc(NC(=O)c4sc5cc(Cl)ccc5c4Cl)ccc3o2)cc1Cl. The van der Waals surface area contributed by atoms with Crippen LogP contribution in [-0.2, 0) is 0 Å². The number of fused-ring (bicyclic) bond motifs is 2. The van der Waals surface area contributed by atoms with Crippen LogP contribution in [0, 0.1) is 6.92 Å². The van der Waals surface area contributed by atoms with Gasteiger partial charge in [-0.2, -0.15) is 0 Å². The number of nitrogens with one attached hydrogen (secondary N) is 1. The number of hydrogen-bond donors (Lipinski definition) is 1. The van der Waals surface area contributed by atoms with E-state index in [0.717, 1.165) is 21.2 Å². The third kappa shape index (κ3) is 3.79. The highest BCUT2D eigenvalue weighted by molar-refractivity contribution is 7.21. The van der Waals surface area contributed by atoms with Crippen molar-refractivity contribution in [2.45, 2.75) is 6.92 Å². The topological polar surface area (TPSA) is 55.1 Å². The molecule has 0 aliphatic carbocycles. The Labute approximate surface area is 196 Å². The Morgan fingerprint density at radius 1 is 1.03 bits per heavy atom. The van der Waals surface area contributed by atoms with Gasteiger partial charge in [0.15, 0.2) is 5.58 Å². The van der Waals surface area contributed by atoms with Gasteiger partial charge in [0.25, 0.3) is 5.91 Å². The molecule has 0 unspecified atom stereocenters. The Morgan fingerprint density at radius 2 is 1.87 bits per heavy atom. The molecule has 0 bridgehead atoms. The lowest BCUT2D eigenvalue weighted by molar-refractivity contribution is 0.103. The van der Waals surface area contributed by atoms with Gasteiger partial charge in [0.05, 0.1) is 5.02 Å². The molecule has 154 valence electrons. The normalized spacial score (nSPS) is 11.4. The van der Waals surface area contributed by atoms with E-state index in [9.17, 15) is 4.79 Å². The minimum absolute atomic E-state index is 0.296. The number of carbonyl (C=O) groups is 1. The fourth-order valence-electron chi connectivity index (χ4n) is 3.23. The maximum atomic E-state index is 12.8. The predicted octanol–water partition coefficient (Wildman–Crippen LogP) is 8.23. The Morgan fingerprint density at radius 3 is 2.68 bits per heavy atom. The van der Waals surface area contributed by atoms with Crippen molar-refractivity contribution in [1.29, 1.82) is 0 Å². The van der Waals surface area contributed by atoms with E-state index in [0.29, 0.717) is 42.6 Å². The molecule has 0 radical (unpaired) electrons. The molecule has 1 amide bonds. The fraction of sp³-hybridized carbons (Fsp3) is 0.0435. The molecule has 3 aromatic carbocycles. The molecule has 4 nitrogen and oxygen atoms in total. The van der Waals surface area contributed by atoms with Crippen LogP contribution in [0.2, 0.25) is 15.1 Å². The molecule has 2 heterocycles. The van der Waals surface area contributed by atoms with Gasteiger partial charge in [-0.15, -0.1) is 11.3 Å². The second-order valence-electron chi connectivity index (χ2n) is 7.01. The van der Waals surface area contributed by atoms with E-state index in [1.165, 1.54) is 11.3 Å². The summed E-state index contributed by atoms with van der Waals surface area (Å²) < 4.78 is 6.71. The molecule has 0 fully saturated rings. The quantitative estimate of drug-likeness (QED) is 0.279. The van der Waals surface area contributed by atoms with Crippen LogP contribution >= 0.6 is 46.1 Å². The average Bonchev–Trinajstić information content (AvgIpc) is 3.30. The zero-order valence-electron chi connectivity index (χ0n) is 16.0. The minimum atomic E-state index is -0.296. The number of halogens is 3. The first-order valence-electron chi connectivity index (χ1n) is 9.25. The Balaban J connectivity index is 1.45. The summed E-state index contributed by atoms with van der Waals surface area (Å²) in [5, 5.41) is 5.34. The lowest BCUT2D eigenvalue weighted by Gasteiger charge is -2.03. The molecule has 0 saturated heterocycles. The average molecular weight is 488 g/mol. The zero-order valence-corrected chi connectivity index (χ0v) is 19.1. The summed E-state index contributed by atoms with van der Waals surface area (Å²) in [4.78, 5) is 17.8. The first-order valence-corrected chi connectivity index (χ1v) is 11.2. The lowest BCUT2D eigenvalue weighted by atomic mass is 10.1. The minimum Gasteiger partial charge on any atom is -0.436 e. The van der Waals surface area contributed by atoms with E-state index in [2.05, 4.69) is 10.3 Å². The molecule has 1 N–H and O–H groups in total. The standard InChI is InChI=1S/C23H13Cl3N2O2S/c1-11-2-3-12(8-16(11)25)23-28-17-10-14(5-7-18(17)30-23)27-22(29)21-20(26)15-6-4-13(24)9-19(15)31-21/h2-10H,1H3,(H,27,29). The van der Waals surface area contributed by atoms with Gasteiger partial charge >= 0.3 is 0 Å². The number of aromatic nitrogens is 1. The van der Waals surface area contributed by atoms with E-state index in [1.54, 1.807) is 30.3 Å². The maximum absolute atomic E-state index is 12.8. The molecule has 0 aliphatic rings. The zero-order chi connectivity index (χ0) is 21.7. The molecule has 5 aromatic rings. The molecular formula is C23H13Cl3N2O2S. The molecule has 0 aliphatic heterocycles. The van der Waals surface area contributed by atoms with Crippen molar-refractivity contribution in [3.8, 4) is 11.5 Å². The lowest BCUT2D eigenvalue weighted by Crippen LogP contribution is -2.10. The summed E-state index contributed by atoms with van der Waals surface area (Å²) in [6.07, 6.45) is 0. The van der Waals surface area contributed by atoms with Crippen molar-refractivity contribution in [2.75, 3.05) is 5.32 Å². The monoisotopic (exact) mass is 486 g/mol. The van der Waals surface area contributed by atoms with Crippen molar-refractivity contribution in [3.05, 3.63) is 80.1 Å². The summed E-state index contributed by atoms with van der Waals surface area (Å²) in [5.41, 5.74) is 3.59. The molecular weight excluding hydrogens is 475 g/mol. The van der Waals surface area contributed by atoms with Crippen LogP contribution in [0.5, 0.6) is 0 Å². The van der Waals surface area contributed by atoms with Crippen molar-refractivity contribution >= 4 is 78.9 Å². The molecule has 31 heavy (non-hydrogen) atoms. The molecule has 0 saturated carbocycles. The van der Waals surface area contributed by atoms with Crippen molar-refractivity contribution < 1.29 is 9.21 Å². The largest absolute Gasteiger partial charge is 0.436 e. The van der Waals surface area contributed by atoms with E-state index in [-0.39, 0.29) is 5.91 Å². The van der Waals surface area contributed by atoms with E-state index in [1.807, 2.05) is 31.2 Å². The number of anilines is 1. The second kappa shape index (κ2) is 7.84. The Bertz CT molecular complexity index is 1490. The van der Waals surface area contributed by atoms with E-state index in [4.69, 9.17) is 39.2 Å². The number of nitrogens with zero attached hydrogens (tertiary/aromatic N) is 1. The van der Waals surface area contributed by atoms with Crippen LogP contribution in [-0.4, -0.2) is 10.9 Å². The van der Waals surface area contributed by atoms with Crippen LogP contribution in [0.1, 0.15) is 15.2 Å². The maximum Gasteiger partial charge on any atom is 0.267 e. The summed E-state index contributed by atoms with van der Waals surface area (Å²) in [7, 11) is 0. The van der Waals surface area contributed by atoms with Crippen molar-refractivity contribution in [2.24, 2.45) is 0 Å². The summed E-state index contributed by atoms with van der Waals surface area (Å²) in [5.74, 6) is 0.167. The van der Waals surface area contributed by atoms with Gasteiger partial charge in [-0.3, -0.25) is 4.79 Å². The van der Waals surface area contributed by atoms with E-state index < -0.39 is 0 Å². The molecule has 0 atom stereocenters. The number of oxazole rings is 1.